The first-order valence-electron chi connectivity index (χ1n) is 8.76. The molecule has 0 saturated heterocycles. The van der Waals surface area contributed by atoms with Crippen LogP contribution in [0.15, 0.2) is 85.8 Å². The molecular weight excluding hydrogens is 513 g/mol. The summed E-state index contributed by atoms with van der Waals surface area (Å²) in [4.78, 5) is -0.162. The van der Waals surface area contributed by atoms with Crippen LogP contribution >= 0.6 is 35.0 Å². The predicted octanol–water partition coefficient (Wildman–Crippen LogP) is 4.91. The molecule has 0 saturated carbocycles. The Labute approximate surface area is 199 Å². The van der Waals surface area contributed by atoms with Crippen LogP contribution in [0.5, 0.6) is 0 Å². The summed E-state index contributed by atoms with van der Waals surface area (Å²) in [5.41, 5.74) is 0.161. The van der Waals surface area contributed by atoms with E-state index in [-0.39, 0.29) is 36.1 Å². The van der Waals surface area contributed by atoms with Crippen molar-refractivity contribution in [1.82, 2.24) is 0 Å². The maximum atomic E-state index is 13.6. The quantitative estimate of drug-likeness (QED) is 0.482. The summed E-state index contributed by atoms with van der Waals surface area (Å²) in [6.45, 7) is 0. The van der Waals surface area contributed by atoms with Gasteiger partial charge in [0.05, 0.1) is 21.2 Å². The van der Waals surface area contributed by atoms with Gasteiger partial charge in [0, 0.05) is 9.92 Å². The van der Waals surface area contributed by atoms with Gasteiger partial charge in [-0.05, 0) is 60.3 Å². The first-order valence-corrected chi connectivity index (χ1v) is 13.2. The molecule has 3 aromatic rings. The number of nitriles is 1. The predicted molar refractivity (Wildman–Crippen MR) is 124 cm³/mol. The Hall–Kier alpha value is -2.55. The molecule has 4 rings (SSSR count). The molecule has 0 atom stereocenters. The molecule has 1 aliphatic rings. The van der Waals surface area contributed by atoms with Gasteiger partial charge in [-0.25, -0.2) is 12.7 Å². The van der Waals surface area contributed by atoms with E-state index in [0.717, 1.165) is 22.1 Å². The first-order chi connectivity index (χ1) is 15.1. The summed E-state index contributed by atoms with van der Waals surface area (Å²) >= 11 is 12.8. The number of benzene rings is 3. The second-order valence-corrected chi connectivity index (χ2v) is 11.6. The van der Waals surface area contributed by atoms with E-state index in [1.807, 2.05) is 6.07 Å². The number of rotatable bonds is 3. The summed E-state index contributed by atoms with van der Waals surface area (Å²) in [7, 11) is -8.59. The van der Waals surface area contributed by atoms with Crippen LogP contribution in [0, 0.1) is 11.3 Å². The summed E-state index contributed by atoms with van der Waals surface area (Å²) in [5, 5.41) is 9.25. The SMILES string of the molecule is N#Cc1cc2c(cc1Cl)SC(N(c1ccccc1)S(=O)(=O)c1ccc(Cl)cc1)=NS2(=O)=O. The summed E-state index contributed by atoms with van der Waals surface area (Å²) in [6, 6.07) is 17.7. The van der Waals surface area contributed by atoms with Crippen molar-refractivity contribution in [2.45, 2.75) is 14.7 Å². The van der Waals surface area contributed by atoms with Crippen molar-refractivity contribution in [2.75, 3.05) is 4.31 Å². The number of amidine groups is 1. The zero-order chi connectivity index (χ0) is 23.1. The number of sulfonamides is 2. The fourth-order valence-electron chi connectivity index (χ4n) is 2.88. The summed E-state index contributed by atoms with van der Waals surface area (Å²) < 4.78 is 57.6. The Balaban J connectivity index is 1.93. The molecular formula is C20H11Cl2N3O4S3. The normalized spacial score (nSPS) is 14.7. The minimum absolute atomic E-state index is 0.0260. The number of hydrogen-bond donors (Lipinski definition) is 0. The Morgan fingerprint density at radius 2 is 1.66 bits per heavy atom. The molecule has 0 bridgehead atoms. The zero-order valence-corrected chi connectivity index (χ0v) is 19.8. The van der Waals surface area contributed by atoms with Crippen molar-refractivity contribution in [3.63, 3.8) is 0 Å². The third-order valence-corrected chi connectivity index (χ3v) is 9.33. The largest absolute Gasteiger partial charge is 0.285 e. The number of thioether (sulfide) groups is 1. The fourth-order valence-corrected chi connectivity index (χ4v) is 7.64. The zero-order valence-electron chi connectivity index (χ0n) is 15.8. The Kier molecular flexibility index (Phi) is 5.96. The lowest BCUT2D eigenvalue weighted by atomic mass is 10.2. The Morgan fingerprint density at radius 1 is 1.00 bits per heavy atom. The van der Waals surface area contributed by atoms with Crippen molar-refractivity contribution in [3.05, 3.63) is 82.3 Å². The van der Waals surface area contributed by atoms with Crippen molar-refractivity contribution in [1.29, 1.82) is 5.26 Å². The van der Waals surface area contributed by atoms with Crippen LogP contribution in [0.4, 0.5) is 5.69 Å². The average Bonchev–Trinajstić information content (AvgIpc) is 2.74. The number of fused-ring (bicyclic) bond motifs is 1. The number of para-hydroxylation sites is 1. The van der Waals surface area contributed by atoms with E-state index < -0.39 is 20.0 Å². The van der Waals surface area contributed by atoms with E-state index >= 15 is 0 Å². The lowest BCUT2D eigenvalue weighted by Crippen LogP contribution is -2.37. The third-order valence-electron chi connectivity index (χ3n) is 4.35. The van der Waals surface area contributed by atoms with E-state index in [1.54, 1.807) is 18.2 Å². The lowest BCUT2D eigenvalue weighted by Gasteiger charge is -2.27. The van der Waals surface area contributed by atoms with Gasteiger partial charge in [-0.2, -0.15) is 13.7 Å². The maximum Gasteiger partial charge on any atom is 0.285 e. The number of halogens is 2. The highest BCUT2D eigenvalue weighted by Gasteiger charge is 2.36. The topological polar surface area (TPSA) is 108 Å². The first kappa shape index (κ1) is 22.6. The van der Waals surface area contributed by atoms with Crippen molar-refractivity contribution in [3.8, 4) is 6.07 Å². The smallest absolute Gasteiger partial charge is 0.211 e. The van der Waals surface area contributed by atoms with Gasteiger partial charge in [0.1, 0.15) is 11.0 Å². The van der Waals surface area contributed by atoms with Gasteiger partial charge in [0.15, 0.2) is 5.17 Å². The minimum atomic E-state index is -4.31. The average molecular weight is 524 g/mol. The molecule has 0 unspecified atom stereocenters. The second-order valence-electron chi connectivity index (χ2n) is 6.40. The summed E-state index contributed by atoms with van der Waals surface area (Å²) in [5.74, 6) is 0. The van der Waals surface area contributed by atoms with Gasteiger partial charge in [0.2, 0.25) is 0 Å². The highest BCUT2D eigenvalue weighted by atomic mass is 35.5. The molecule has 0 aromatic heterocycles. The molecule has 0 fully saturated rings. The Morgan fingerprint density at radius 3 is 2.28 bits per heavy atom. The number of nitrogens with zero attached hydrogens (tertiary/aromatic N) is 3. The van der Waals surface area contributed by atoms with Gasteiger partial charge >= 0.3 is 0 Å². The third kappa shape index (κ3) is 4.10. The molecule has 1 aliphatic heterocycles. The molecule has 32 heavy (non-hydrogen) atoms. The molecule has 1 heterocycles. The highest BCUT2D eigenvalue weighted by molar-refractivity contribution is 8.17. The van der Waals surface area contributed by atoms with Crippen LogP contribution in [-0.2, 0) is 20.0 Å². The number of hydrogen-bond acceptors (Lipinski definition) is 6. The van der Waals surface area contributed by atoms with Gasteiger partial charge in [-0.1, -0.05) is 41.4 Å². The maximum absolute atomic E-state index is 13.6. The molecule has 0 amide bonds. The number of anilines is 1. The molecule has 12 heteroatoms. The van der Waals surface area contributed by atoms with Crippen LogP contribution in [0.25, 0.3) is 0 Å². The van der Waals surface area contributed by atoms with E-state index in [4.69, 9.17) is 28.5 Å². The molecule has 0 spiro atoms. The van der Waals surface area contributed by atoms with E-state index in [1.165, 1.54) is 42.5 Å². The molecule has 0 radical (unpaired) electrons. The summed E-state index contributed by atoms with van der Waals surface area (Å²) in [6.07, 6.45) is 0. The van der Waals surface area contributed by atoms with Crippen LogP contribution in [0.3, 0.4) is 0 Å². The van der Waals surface area contributed by atoms with Crippen molar-refractivity contribution < 1.29 is 16.8 Å². The lowest BCUT2D eigenvalue weighted by molar-refractivity contribution is 0.595. The Bertz CT molecular complexity index is 1500. The highest BCUT2D eigenvalue weighted by Crippen LogP contribution is 2.40. The van der Waals surface area contributed by atoms with Crippen LogP contribution in [-0.4, -0.2) is 22.0 Å². The molecule has 162 valence electrons. The van der Waals surface area contributed by atoms with Crippen molar-refractivity contribution >= 4 is 65.9 Å². The second kappa shape index (κ2) is 8.42. The monoisotopic (exact) mass is 523 g/mol. The van der Waals surface area contributed by atoms with E-state index in [2.05, 4.69) is 4.40 Å². The van der Waals surface area contributed by atoms with E-state index in [0.29, 0.717) is 5.02 Å². The molecule has 0 aliphatic carbocycles. The van der Waals surface area contributed by atoms with Gasteiger partial charge in [-0.3, -0.25) is 0 Å². The van der Waals surface area contributed by atoms with E-state index in [9.17, 15) is 16.8 Å². The molecule has 0 N–H and O–H groups in total. The van der Waals surface area contributed by atoms with Gasteiger partial charge in [-0.15, -0.1) is 4.40 Å². The molecule has 7 nitrogen and oxygen atoms in total. The standard InChI is InChI=1S/C20H11Cl2N3O4S3/c21-14-6-8-16(9-7-14)32(28,29)25(15-4-2-1-3-5-15)20-24-31(26,27)19-10-13(12-23)17(22)11-18(19)30-20/h1-11H. The van der Waals surface area contributed by atoms with Crippen LogP contribution in [0.1, 0.15) is 5.56 Å². The minimum Gasteiger partial charge on any atom is -0.211 e. The van der Waals surface area contributed by atoms with Crippen LogP contribution in [0.2, 0.25) is 10.0 Å². The fraction of sp³-hybridized carbons (Fsp3) is 0. The van der Waals surface area contributed by atoms with Gasteiger partial charge < -0.3 is 0 Å². The van der Waals surface area contributed by atoms with Gasteiger partial charge in [0.25, 0.3) is 20.0 Å². The van der Waals surface area contributed by atoms with Crippen molar-refractivity contribution in [2.24, 2.45) is 4.40 Å². The van der Waals surface area contributed by atoms with Crippen LogP contribution < -0.4 is 4.31 Å². The molecule has 3 aromatic carbocycles.